The molecule has 0 saturated heterocycles. The summed E-state index contributed by atoms with van der Waals surface area (Å²) in [5.41, 5.74) is 3.14. The third kappa shape index (κ3) is 0.727. The van der Waals surface area contributed by atoms with E-state index >= 15 is 0 Å². The molecule has 10 heavy (non-hydrogen) atoms. The first kappa shape index (κ1) is 5.59. The average molecular weight is 132 g/mol. The van der Waals surface area contributed by atoms with Gasteiger partial charge in [0.25, 0.3) is 0 Å². The summed E-state index contributed by atoms with van der Waals surface area (Å²) in [5, 5.41) is 0. The van der Waals surface area contributed by atoms with Crippen molar-refractivity contribution < 1.29 is 0 Å². The lowest BCUT2D eigenvalue weighted by atomic mass is 10.3. The van der Waals surface area contributed by atoms with E-state index in [0.29, 0.717) is 0 Å². The minimum absolute atomic E-state index is 0.947. The zero-order valence-electron chi connectivity index (χ0n) is 5.83. The summed E-state index contributed by atoms with van der Waals surface area (Å²) in [6.45, 7) is 1.96. The predicted molar refractivity (Wildman–Crippen MR) is 39.5 cm³/mol. The van der Waals surface area contributed by atoms with Crippen LogP contribution in [0.3, 0.4) is 0 Å². The van der Waals surface area contributed by atoms with Crippen molar-refractivity contribution in [3.8, 4) is 0 Å². The molecule has 2 rings (SSSR count). The molecule has 1 aromatic rings. The Balaban J connectivity index is 2.60. The summed E-state index contributed by atoms with van der Waals surface area (Å²) >= 11 is 0. The highest BCUT2D eigenvalue weighted by Gasteiger charge is 2.05. The maximum absolute atomic E-state index is 4.30. The van der Waals surface area contributed by atoms with Crippen LogP contribution in [0, 0.1) is 6.92 Å². The van der Waals surface area contributed by atoms with Gasteiger partial charge in [0.1, 0.15) is 0 Å². The van der Waals surface area contributed by atoms with Gasteiger partial charge in [-0.3, -0.25) is 9.97 Å². The van der Waals surface area contributed by atoms with Crippen molar-refractivity contribution in [2.75, 3.05) is 0 Å². The number of rotatable bonds is 0. The molecule has 0 amide bonds. The van der Waals surface area contributed by atoms with E-state index in [-0.39, 0.29) is 0 Å². The van der Waals surface area contributed by atoms with E-state index in [9.17, 15) is 0 Å². The molecule has 0 atom stereocenters. The summed E-state index contributed by atoms with van der Waals surface area (Å²) in [5.74, 6) is 0. The number of hydrogen-bond donors (Lipinski definition) is 0. The van der Waals surface area contributed by atoms with Crippen molar-refractivity contribution in [3.63, 3.8) is 0 Å². The highest BCUT2D eigenvalue weighted by atomic mass is 14.8. The lowest BCUT2D eigenvalue weighted by molar-refractivity contribution is 1.03. The number of hydrogen-bond acceptors (Lipinski definition) is 2. The lowest BCUT2D eigenvalue weighted by Gasteiger charge is -1.95. The van der Waals surface area contributed by atoms with Crippen molar-refractivity contribution in [2.45, 2.75) is 13.3 Å². The molecular formula is C8H8N2. The van der Waals surface area contributed by atoms with Crippen LogP contribution < -0.4 is 0 Å². The van der Waals surface area contributed by atoms with Crippen molar-refractivity contribution in [2.24, 2.45) is 0 Å². The molecule has 0 radical (unpaired) electrons. The second-order valence-electron chi connectivity index (χ2n) is 2.45. The van der Waals surface area contributed by atoms with E-state index in [0.717, 1.165) is 23.5 Å². The molecule has 2 heteroatoms. The van der Waals surface area contributed by atoms with Crippen LogP contribution in [-0.4, -0.2) is 9.97 Å². The topological polar surface area (TPSA) is 25.8 Å². The number of fused-ring (bicyclic) bond motifs is 1. The third-order valence-electron chi connectivity index (χ3n) is 1.59. The first-order chi connectivity index (χ1) is 4.86. The van der Waals surface area contributed by atoms with Gasteiger partial charge in [0.2, 0.25) is 0 Å². The molecule has 2 nitrogen and oxygen atoms in total. The third-order valence-corrected chi connectivity index (χ3v) is 1.59. The Bertz CT molecular complexity index is 289. The molecule has 0 aliphatic heterocycles. The van der Waals surface area contributed by atoms with Crippen LogP contribution in [0.5, 0.6) is 0 Å². The fourth-order valence-electron chi connectivity index (χ4n) is 1.09. The van der Waals surface area contributed by atoms with Gasteiger partial charge in [-0.25, -0.2) is 0 Å². The van der Waals surface area contributed by atoms with Gasteiger partial charge < -0.3 is 0 Å². The number of aromatic nitrogens is 2. The minimum Gasteiger partial charge on any atom is -0.257 e. The molecule has 0 fully saturated rings. The van der Waals surface area contributed by atoms with Crippen LogP contribution in [0.4, 0.5) is 0 Å². The van der Waals surface area contributed by atoms with Gasteiger partial charge in [-0.2, -0.15) is 0 Å². The summed E-state index contributed by atoms with van der Waals surface area (Å²) in [6.07, 6.45) is 6.87. The van der Waals surface area contributed by atoms with Crippen molar-refractivity contribution in [1.82, 2.24) is 9.97 Å². The molecule has 1 aromatic heterocycles. The van der Waals surface area contributed by atoms with Crippen molar-refractivity contribution in [1.29, 1.82) is 0 Å². The van der Waals surface area contributed by atoms with Gasteiger partial charge in [-0.05, 0) is 13.0 Å². The molecule has 0 unspecified atom stereocenters. The zero-order valence-corrected chi connectivity index (χ0v) is 5.83. The number of aryl methyl sites for hydroxylation is 1. The van der Waals surface area contributed by atoms with Gasteiger partial charge in [0.05, 0.1) is 17.1 Å². The van der Waals surface area contributed by atoms with Gasteiger partial charge in [0, 0.05) is 12.6 Å². The normalized spacial score (nSPS) is 13.7. The van der Waals surface area contributed by atoms with Gasteiger partial charge >= 0.3 is 0 Å². The predicted octanol–water partition coefficient (Wildman–Crippen LogP) is 1.35. The minimum atomic E-state index is 0.947. The van der Waals surface area contributed by atoms with Crippen LogP contribution >= 0.6 is 0 Å². The fraction of sp³-hybridized carbons (Fsp3) is 0.250. The van der Waals surface area contributed by atoms with E-state index in [1.165, 1.54) is 0 Å². The fourth-order valence-corrected chi connectivity index (χ4v) is 1.09. The maximum atomic E-state index is 4.30. The Labute approximate surface area is 59.6 Å². The summed E-state index contributed by atoms with van der Waals surface area (Å²) in [6, 6.07) is 0. The lowest BCUT2D eigenvalue weighted by Crippen LogP contribution is -1.92. The molecule has 50 valence electrons. The van der Waals surface area contributed by atoms with Crippen molar-refractivity contribution in [3.05, 3.63) is 29.4 Å². The Kier molecular flexibility index (Phi) is 1.07. The highest BCUT2D eigenvalue weighted by molar-refractivity contribution is 5.53. The summed E-state index contributed by atoms with van der Waals surface area (Å²) in [4.78, 5) is 8.54. The standard InChI is InChI=1S/C8H8N2/c1-6-5-9-7-3-2-4-8(7)10-6/h2,4-5H,3H2,1H3. The molecule has 1 heterocycles. The summed E-state index contributed by atoms with van der Waals surface area (Å²) in [7, 11) is 0. The SMILES string of the molecule is Cc1cnc2c(n1)C=CC2. The second-order valence-corrected chi connectivity index (χ2v) is 2.45. The quantitative estimate of drug-likeness (QED) is 0.532. The Morgan fingerprint density at radius 2 is 2.40 bits per heavy atom. The zero-order chi connectivity index (χ0) is 6.97. The molecule has 0 saturated carbocycles. The van der Waals surface area contributed by atoms with Crippen LogP contribution in [0.2, 0.25) is 0 Å². The first-order valence-electron chi connectivity index (χ1n) is 3.35. The van der Waals surface area contributed by atoms with E-state index in [2.05, 4.69) is 16.0 Å². The summed E-state index contributed by atoms with van der Waals surface area (Å²) < 4.78 is 0. The van der Waals surface area contributed by atoms with Crippen LogP contribution in [0.1, 0.15) is 17.1 Å². The molecule has 0 spiro atoms. The molecular weight excluding hydrogens is 124 g/mol. The van der Waals surface area contributed by atoms with E-state index in [4.69, 9.17) is 0 Å². The average Bonchev–Trinajstić information content (AvgIpc) is 2.33. The van der Waals surface area contributed by atoms with E-state index in [1.807, 2.05) is 19.2 Å². The molecule has 0 N–H and O–H groups in total. The highest BCUT2D eigenvalue weighted by Crippen LogP contribution is 2.13. The van der Waals surface area contributed by atoms with Crippen molar-refractivity contribution >= 4 is 6.08 Å². The van der Waals surface area contributed by atoms with Crippen LogP contribution in [-0.2, 0) is 6.42 Å². The molecule has 0 bridgehead atoms. The second kappa shape index (κ2) is 1.90. The van der Waals surface area contributed by atoms with Gasteiger partial charge in [-0.1, -0.05) is 6.08 Å². The van der Waals surface area contributed by atoms with Gasteiger partial charge in [0.15, 0.2) is 0 Å². The van der Waals surface area contributed by atoms with Crippen LogP contribution in [0.25, 0.3) is 6.08 Å². The Hall–Kier alpha value is -1.18. The Morgan fingerprint density at radius 3 is 3.30 bits per heavy atom. The first-order valence-corrected chi connectivity index (χ1v) is 3.35. The smallest absolute Gasteiger partial charge is 0.0848 e. The van der Waals surface area contributed by atoms with E-state index in [1.54, 1.807) is 0 Å². The Morgan fingerprint density at radius 1 is 1.50 bits per heavy atom. The number of allylic oxidation sites excluding steroid dienone is 1. The number of nitrogens with zero attached hydrogens (tertiary/aromatic N) is 2. The molecule has 1 aliphatic rings. The molecule has 1 aliphatic carbocycles. The maximum Gasteiger partial charge on any atom is 0.0848 e. The monoisotopic (exact) mass is 132 g/mol. The molecule has 0 aromatic carbocycles. The largest absolute Gasteiger partial charge is 0.257 e. The van der Waals surface area contributed by atoms with Gasteiger partial charge in [-0.15, -0.1) is 0 Å². The van der Waals surface area contributed by atoms with Crippen LogP contribution in [0.15, 0.2) is 12.3 Å². The van der Waals surface area contributed by atoms with E-state index < -0.39 is 0 Å².